The summed E-state index contributed by atoms with van der Waals surface area (Å²) in [5, 5.41) is 13.4. The van der Waals surface area contributed by atoms with Crippen molar-refractivity contribution in [3.8, 4) is 11.4 Å². The van der Waals surface area contributed by atoms with Gasteiger partial charge in [0.05, 0.1) is 12.8 Å². The van der Waals surface area contributed by atoms with Crippen molar-refractivity contribution in [2.45, 2.75) is 20.8 Å². The van der Waals surface area contributed by atoms with E-state index in [9.17, 15) is 9.59 Å². The van der Waals surface area contributed by atoms with Crippen molar-refractivity contribution in [2.24, 2.45) is 5.92 Å². The van der Waals surface area contributed by atoms with Crippen LogP contribution >= 0.6 is 0 Å². The third-order valence-corrected chi connectivity index (χ3v) is 3.62. The molecule has 0 saturated carbocycles. The highest BCUT2D eigenvalue weighted by atomic mass is 16.5. The van der Waals surface area contributed by atoms with Crippen LogP contribution in [0.2, 0.25) is 0 Å². The average Bonchev–Trinajstić information content (AvgIpc) is 2.94. The third kappa shape index (κ3) is 4.59. The van der Waals surface area contributed by atoms with Crippen LogP contribution in [0.4, 0.5) is 0 Å². The summed E-state index contributed by atoms with van der Waals surface area (Å²) in [7, 11) is 1.59. The van der Waals surface area contributed by atoms with Gasteiger partial charge in [0.25, 0.3) is 5.91 Å². The Morgan fingerprint density at radius 1 is 1.28 bits per heavy atom. The van der Waals surface area contributed by atoms with Crippen LogP contribution in [0.5, 0.6) is 5.75 Å². The van der Waals surface area contributed by atoms with E-state index in [2.05, 4.69) is 5.10 Å². The first kappa shape index (κ1) is 18.5. The summed E-state index contributed by atoms with van der Waals surface area (Å²) in [4.78, 5) is 25.0. The summed E-state index contributed by atoms with van der Waals surface area (Å²) < 4.78 is 6.79. The van der Waals surface area contributed by atoms with Crippen LogP contribution in [0.25, 0.3) is 5.69 Å². The zero-order valence-electron chi connectivity index (χ0n) is 14.9. The number of hydrogen-bond donors (Lipinski definition) is 1. The monoisotopic (exact) mass is 345 g/mol. The number of carboxylic acids is 1. The molecule has 2 aromatic rings. The molecule has 2 rings (SSSR count). The minimum absolute atomic E-state index is 0.160. The fourth-order valence-corrected chi connectivity index (χ4v) is 2.55. The zero-order chi connectivity index (χ0) is 18.6. The number of carbonyl (C=O) groups is 2. The number of rotatable bonds is 7. The number of amides is 1. The van der Waals surface area contributed by atoms with Crippen LogP contribution in [-0.4, -0.2) is 51.9 Å². The standard InChI is InChI=1S/C18H23N3O4/c1-12(2)10-20(11-17(22)23)18(24)16-9-13(3)21(19-16)14-5-7-15(25-4)8-6-14/h5-9,12H,10-11H2,1-4H3,(H,22,23). The van der Waals surface area contributed by atoms with Gasteiger partial charge in [0.2, 0.25) is 0 Å². The van der Waals surface area contributed by atoms with E-state index < -0.39 is 5.97 Å². The lowest BCUT2D eigenvalue weighted by molar-refractivity contribution is -0.137. The Morgan fingerprint density at radius 3 is 2.44 bits per heavy atom. The van der Waals surface area contributed by atoms with Gasteiger partial charge in [-0.25, -0.2) is 4.68 Å². The molecule has 0 bridgehead atoms. The smallest absolute Gasteiger partial charge is 0.323 e. The fraction of sp³-hybridized carbons (Fsp3) is 0.389. The number of ether oxygens (including phenoxy) is 1. The van der Waals surface area contributed by atoms with Crippen molar-refractivity contribution >= 4 is 11.9 Å². The van der Waals surface area contributed by atoms with Gasteiger partial charge in [-0.1, -0.05) is 13.8 Å². The number of carboxylic acid groups (broad SMARTS) is 1. The lowest BCUT2D eigenvalue weighted by Crippen LogP contribution is -2.38. The van der Waals surface area contributed by atoms with Gasteiger partial charge in [-0.2, -0.15) is 5.10 Å². The Bertz CT molecular complexity index is 750. The van der Waals surface area contributed by atoms with E-state index in [1.165, 1.54) is 4.90 Å². The quantitative estimate of drug-likeness (QED) is 0.833. The van der Waals surface area contributed by atoms with Gasteiger partial charge in [-0.15, -0.1) is 0 Å². The number of hydrogen-bond acceptors (Lipinski definition) is 4. The number of methoxy groups -OCH3 is 1. The summed E-state index contributed by atoms with van der Waals surface area (Å²) in [6, 6.07) is 8.98. The number of aliphatic carboxylic acids is 1. The van der Waals surface area contributed by atoms with Crippen molar-refractivity contribution < 1.29 is 19.4 Å². The number of carbonyl (C=O) groups excluding carboxylic acids is 1. The molecule has 1 aromatic heterocycles. The highest BCUT2D eigenvalue weighted by Gasteiger charge is 2.22. The van der Waals surface area contributed by atoms with Crippen LogP contribution in [-0.2, 0) is 4.79 Å². The molecule has 0 saturated heterocycles. The predicted molar refractivity (Wildman–Crippen MR) is 93.2 cm³/mol. The van der Waals surface area contributed by atoms with Crippen molar-refractivity contribution in [2.75, 3.05) is 20.2 Å². The molecule has 0 spiro atoms. The zero-order valence-corrected chi connectivity index (χ0v) is 14.9. The molecule has 0 aliphatic rings. The van der Waals surface area contributed by atoms with E-state index >= 15 is 0 Å². The molecule has 134 valence electrons. The summed E-state index contributed by atoms with van der Waals surface area (Å²) in [6.45, 7) is 5.73. The molecular formula is C18H23N3O4. The molecule has 0 aliphatic heterocycles. The molecule has 7 heteroatoms. The lowest BCUT2D eigenvalue weighted by atomic mass is 10.2. The fourth-order valence-electron chi connectivity index (χ4n) is 2.55. The molecule has 25 heavy (non-hydrogen) atoms. The molecule has 0 unspecified atom stereocenters. The SMILES string of the molecule is COc1ccc(-n2nc(C(=O)N(CC(=O)O)CC(C)C)cc2C)cc1. The Morgan fingerprint density at radius 2 is 1.92 bits per heavy atom. The van der Waals surface area contributed by atoms with Gasteiger partial charge in [0.1, 0.15) is 12.3 Å². The van der Waals surface area contributed by atoms with Crippen molar-refractivity contribution in [1.29, 1.82) is 0 Å². The molecule has 1 aromatic carbocycles. The first-order chi connectivity index (χ1) is 11.8. The van der Waals surface area contributed by atoms with Gasteiger partial charge in [-0.3, -0.25) is 9.59 Å². The topological polar surface area (TPSA) is 84.7 Å². The number of aryl methyl sites for hydroxylation is 1. The van der Waals surface area contributed by atoms with Crippen molar-refractivity contribution in [1.82, 2.24) is 14.7 Å². The first-order valence-corrected chi connectivity index (χ1v) is 8.04. The Kier molecular flexibility index (Phi) is 5.80. The molecule has 0 radical (unpaired) electrons. The van der Waals surface area contributed by atoms with E-state index in [4.69, 9.17) is 9.84 Å². The van der Waals surface area contributed by atoms with E-state index in [0.717, 1.165) is 17.1 Å². The average molecular weight is 345 g/mol. The summed E-state index contributed by atoms with van der Waals surface area (Å²) >= 11 is 0. The maximum Gasteiger partial charge on any atom is 0.323 e. The summed E-state index contributed by atoms with van der Waals surface area (Å²) in [6.07, 6.45) is 0. The van der Waals surface area contributed by atoms with Crippen LogP contribution in [0.3, 0.4) is 0 Å². The third-order valence-electron chi connectivity index (χ3n) is 3.62. The number of aromatic nitrogens is 2. The second kappa shape index (κ2) is 7.83. The molecule has 0 fully saturated rings. The number of benzene rings is 1. The summed E-state index contributed by atoms with van der Waals surface area (Å²) in [5.74, 6) is -0.533. The largest absolute Gasteiger partial charge is 0.497 e. The van der Waals surface area contributed by atoms with Crippen molar-refractivity contribution in [3.63, 3.8) is 0 Å². The van der Waals surface area contributed by atoms with Crippen LogP contribution in [0.15, 0.2) is 30.3 Å². The van der Waals surface area contributed by atoms with E-state index in [0.29, 0.717) is 6.54 Å². The minimum Gasteiger partial charge on any atom is -0.497 e. The molecule has 1 heterocycles. The molecular weight excluding hydrogens is 322 g/mol. The maximum absolute atomic E-state index is 12.7. The highest BCUT2D eigenvalue weighted by Crippen LogP contribution is 2.17. The molecule has 0 atom stereocenters. The molecule has 0 aliphatic carbocycles. The Hall–Kier alpha value is -2.83. The van der Waals surface area contributed by atoms with Crippen LogP contribution < -0.4 is 4.74 Å². The maximum atomic E-state index is 12.7. The molecule has 1 N–H and O–H groups in total. The predicted octanol–water partition coefficient (Wildman–Crippen LogP) is 2.37. The van der Waals surface area contributed by atoms with E-state index in [1.54, 1.807) is 17.9 Å². The van der Waals surface area contributed by atoms with E-state index in [-0.39, 0.29) is 24.1 Å². The minimum atomic E-state index is -1.04. The Labute approximate surface area is 146 Å². The lowest BCUT2D eigenvalue weighted by Gasteiger charge is -2.21. The van der Waals surface area contributed by atoms with Gasteiger partial charge >= 0.3 is 5.97 Å². The van der Waals surface area contributed by atoms with Crippen LogP contribution in [0.1, 0.15) is 30.0 Å². The molecule has 1 amide bonds. The van der Waals surface area contributed by atoms with E-state index in [1.807, 2.05) is 45.0 Å². The second-order valence-electron chi connectivity index (χ2n) is 6.25. The van der Waals surface area contributed by atoms with Crippen LogP contribution in [0, 0.1) is 12.8 Å². The van der Waals surface area contributed by atoms with Crippen molar-refractivity contribution in [3.05, 3.63) is 41.7 Å². The van der Waals surface area contributed by atoms with Gasteiger partial charge in [-0.05, 0) is 43.2 Å². The van der Waals surface area contributed by atoms with Gasteiger partial charge < -0.3 is 14.7 Å². The van der Waals surface area contributed by atoms with Gasteiger partial charge in [0.15, 0.2) is 5.69 Å². The molecule has 7 nitrogen and oxygen atoms in total. The normalized spacial score (nSPS) is 10.8. The Balaban J connectivity index is 2.29. The first-order valence-electron chi connectivity index (χ1n) is 8.04. The second-order valence-corrected chi connectivity index (χ2v) is 6.25. The highest BCUT2D eigenvalue weighted by molar-refractivity contribution is 5.94. The van der Waals surface area contributed by atoms with Gasteiger partial charge in [0, 0.05) is 12.2 Å². The summed E-state index contributed by atoms with van der Waals surface area (Å²) in [5.41, 5.74) is 1.81. The number of nitrogens with zero attached hydrogens (tertiary/aromatic N) is 3.